The molecule has 0 unspecified atom stereocenters. The van der Waals surface area contributed by atoms with Crippen molar-refractivity contribution in [3.8, 4) is 6.07 Å². The predicted octanol–water partition coefficient (Wildman–Crippen LogP) is 1.09. The zero-order chi connectivity index (χ0) is 23.1. The van der Waals surface area contributed by atoms with Crippen LogP contribution in [-0.2, 0) is 9.53 Å². The van der Waals surface area contributed by atoms with Crippen LogP contribution in [0.25, 0.3) is 0 Å². The van der Waals surface area contributed by atoms with Crippen molar-refractivity contribution < 1.29 is 24.9 Å². The quantitative estimate of drug-likeness (QED) is 0.284. The number of carbonyl (C=O) groups is 1. The molecule has 4 N–H and O–H groups in total. The lowest BCUT2D eigenvalue weighted by molar-refractivity contribution is -0.208. The minimum absolute atomic E-state index is 0.0697. The van der Waals surface area contributed by atoms with E-state index in [4.69, 9.17) is 4.74 Å². The Morgan fingerprint density at radius 2 is 1.97 bits per heavy atom. The molecule has 0 aromatic carbocycles. The average Bonchev–Trinajstić information content (AvgIpc) is 3.14. The third kappa shape index (κ3) is 6.56. The molecule has 178 valence electrons. The average molecular weight is 458 g/mol. The predicted molar refractivity (Wildman–Crippen MR) is 120 cm³/mol. The highest BCUT2D eigenvalue weighted by atomic mass is 32.2. The van der Waals surface area contributed by atoms with Gasteiger partial charge < -0.3 is 25.4 Å². The van der Waals surface area contributed by atoms with E-state index in [2.05, 4.69) is 18.3 Å². The van der Waals surface area contributed by atoms with Crippen molar-refractivity contribution in [1.82, 2.24) is 10.2 Å². The van der Waals surface area contributed by atoms with Gasteiger partial charge in [-0.3, -0.25) is 9.69 Å². The number of carbonyl (C=O) groups excluding carboxylic acids is 1. The number of rotatable bonds is 10. The molecule has 0 aromatic heterocycles. The van der Waals surface area contributed by atoms with E-state index in [0.29, 0.717) is 12.3 Å². The van der Waals surface area contributed by atoms with Crippen molar-refractivity contribution >= 4 is 17.7 Å². The highest BCUT2D eigenvalue weighted by Crippen LogP contribution is 2.31. The number of unbranched alkanes of at least 4 members (excludes halogenated alkanes) is 2. The van der Waals surface area contributed by atoms with Gasteiger partial charge in [0.2, 0.25) is 5.91 Å². The highest BCUT2D eigenvalue weighted by Gasteiger charge is 2.48. The normalized spacial score (nSPS) is 35.1. The fourth-order valence-electron chi connectivity index (χ4n) is 4.68. The van der Waals surface area contributed by atoms with Crippen LogP contribution < -0.4 is 5.32 Å². The molecule has 0 saturated carbocycles. The molecular formula is C22H39N3O5S. The minimum atomic E-state index is -1.35. The molecule has 2 heterocycles. The van der Waals surface area contributed by atoms with Crippen LogP contribution in [0, 0.1) is 23.2 Å². The number of thioether (sulfide) groups is 1. The molecule has 0 bridgehead atoms. The van der Waals surface area contributed by atoms with Crippen LogP contribution in [0.2, 0.25) is 0 Å². The summed E-state index contributed by atoms with van der Waals surface area (Å²) in [6, 6.07) is 1.24. The molecule has 1 amide bonds. The van der Waals surface area contributed by atoms with E-state index in [9.17, 15) is 25.4 Å². The van der Waals surface area contributed by atoms with E-state index in [1.807, 2.05) is 18.7 Å². The molecule has 9 heteroatoms. The van der Waals surface area contributed by atoms with E-state index in [-0.39, 0.29) is 24.4 Å². The summed E-state index contributed by atoms with van der Waals surface area (Å²) in [6.45, 7) is 6.95. The lowest BCUT2D eigenvalue weighted by Crippen LogP contribution is -2.64. The van der Waals surface area contributed by atoms with E-state index >= 15 is 0 Å². The van der Waals surface area contributed by atoms with Crippen molar-refractivity contribution in [2.75, 3.05) is 19.3 Å². The third-order valence-electron chi connectivity index (χ3n) is 6.50. The molecule has 0 aromatic rings. The van der Waals surface area contributed by atoms with Gasteiger partial charge in [-0.05, 0) is 30.9 Å². The van der Waals surface area contributed by atoms with E-state index in [1.54, 1.807) is 6.26 Å². The van der Waals surface area contributed by atoms with Gasteiger partial charge in [0.1, 0.15) is 29.9 Å². The van der Waals surface area contributed by atoms with Gasteiger partial charge in [0.05, 0.1) is 24.7 Å². The van der Waals surface area contributed by atoms with Gasteiger partial charge in [0, 0.05) is 6.54 Å². The summed E-state index contributed by atoms with van der Waals surface area (Å²) in [5.74, 6) is 0.145. The van der Waals surface area contributed by atoms with Crippen molar-refractivity contribution in [2.45, 2.75) is 94.8 Å². The van der Waals surface area contributed by atoms with Gasteiger partial charge in [0.15, 0.2) is 0 Å². The Labute approximate surface area is 190 Å². The topological polar surface area (TPSA) is 126 Å². The van der Waals surface area contributed by atoms with Gasteiger partial charge >= 0.3 is 0 Å². The molecule has 2 aliphatic rings. The second-order valence-corrected chi connectivity index (χ2v) is 10.1. The van der Waals surface area contributed by atoms with Crippen LogP contribution in [0.5, 0.6) is 0 Å². The number of likely N-dealkylation sites (tertiary alicyclic amines) is 1. The van der Waals surface area contributed by atoms with Crippen LogP contribution >= 0.6 is 11.8 Å². The maximum Gasteiger partial charge on any atom is 0.237 e. The second-order valence-electron chi connectivity index (χ2n) is 9.16. The monoisotopic (exact) mass is 457 g/mol. The number of nitrogens with one attached hydrogen (secondary N) is 1. The number of hydrogen-bond donors (Lipinski definition) is 4. The van der Waals surface area contributed by atoms with Crippen LogP contribution in [0.3, 0.4) is 0 Å². The van der Waals surface area contributed by atoms with Crippen LogP contribution in [-0.4, -0.2) is 87.4 Å². The van der Waals surface area contributed by atoms with Crippen molar-refractivity contribution in [2.24, 2.45) is 11.8 Å². The molecular weight excluding hydrogens is 418 g/mol. The molecule has 2 fully saturated rings. The number of amides is 1. The zero-order valence-electron chi connectivity index (χ0n) is 19.1. The molecule has 0 aliphatic carbocycles. The van der Waals surface area contributed by atoms with Gasteiger partial charge in [-0.2, -0.15) is 5.26 Å². The molecule has 2 aliphatic heterocycles. The number of nitrogens with zero attached hydrogens (tertiary/aromatic N) is 2. The number of aliphatic hydroxyl groups is 3. The van der Waals surface area contributed by atoms with Crippen LogP contribution in [0.15, 0.2) is 0 Å². The van der Waals surface area contributed by atoms with Crippen molar-refractivity contribution in [1.29, 1.82) is 5.26 Å². The molecule has 0 radical (unpaired) electrons. The SMILES string of the molecule is CCCCC[C@@H]1C[C@@H](C(=O)N[C@H](C(C)C)[C@H]2O[C@H](SC)[C@H](O)[C@@H](O)[C@H]2O)N(CC#N)C1. The Morgan fingerprint density at radius 3 is 2.55 bits per heavy atom. The standard InChI is InChI=1S/C22H39N3O5S/c1-5-6-7-8-14-11-15(25(12-14)10-9-23)21(29)24-16(13(2)3)20-18(27)17(26)19(28)22(30-20)31-4/h13-20,22,26-28H,5-8,10-12H2,1-4H3,(H,24,29)/t14-,15+,16-,17+,18-,19-,20-,22-/m1/s1. The Kier molecular flexibility index (Phi) is 10.5. The van der Waals surface area contributed by atoms with Crippen LogP contribution in [0.1, 0.15) is 52.9 Å². The molecule has 0 spiro atoms. The summed E-state index contributed by atoms with van der Waals surface area (Å²) < 4.78 is 5.90. The molecule has 8 atom stereocenters. The first-order chi connectivity index (χ1) is 14.7. The minimum Gasteiger partial charge on any atom is -0.388 e. The van der Waals surface area contributed by atoms with E-state index in [1.165, 1.54) is 18.2 Å². The lowest BCUT2D eigenvalue weighted by Gasteiger charge is -2.44. The Balaban J connectivity index is 2.11. The molecule has 2 saturated heterocycles. The number of nitriles is 1. The van der Waals surface area contributed by atoms with Crippen molar-refractivity contribution in [3.63, 3.8) is 0 Å². The van der Waals surface area contributed by atoms with Gasteiger partial charge in [-0.15, -0.1) is 11.8 Å². The number of ether oxygens (including phenoxy) is 1. The van der Waals surface area contributed by atoms with E-state index < -0.39 is 35.9 Å². The Bertz CT molecular complexity index is 614. The summed E-state index contributed by atoms with van der Waals surface area (Å²) in [6.07, 6.45) is 2.27. The summed E-state index contributed by atoms with van der Waals surface area (Å²) in [7, 11) is 0. The summed E-state index contributed by atoms with van der Waals surface area (Å²) in [5, 5.41) is 43.2. The first-order valence-corrected chi connectivity index (χ1v) is 12.7. The zero-order valence-corrected chi connectivity index (χ0v) is 19.9. The maximum absolute atomic E-state index is 13.3. The number of hydrogen-bond acceptors (Lipinski definition) is 8. The number of aliphatic hydroxyl groups excluding tert-OH is 3. The molecule has 2 rings (SSSR count). The van der Waals surface area contributed by atoms with Crippen molar-refractivity contribution in [3.05, 3.63) is 0 Å². The van der Waals surface area contributed by atoms with Crippen LogP contribution in [0.4, 0.5) is 0 Å². The fourth-order valence-corrected chi connectivity index (χ4v) is 5.36. The second kappa shape index (κ2) is 12.4. The fraction of sp³-hybridized carbons (Fsp3) is 0.909. The summed E-state index contributed by atoms with van der Waals surface area (Å²) in [5.41, 5.74) is -0.689. The highest BCUT2D eigenvalue weighted by molar-refractivity contribution is 7.99. The largest absolute Gasteiger partial charge is 0.388 e. The Morgan fingerprint density at radius 1 is 1.26 bits per heavy atom. The van der Waals surface area contributed by atoms with Gasteiger partial charge in [-0.25, -0.2) is 0 Å². The molecule has 8 nitrogen and oxygen atoms in total. The maximum atomic E-state index is 13.3. The summed E-state index contributed by atoms with van der Waals surface area (Å²) >= 11 is 1.25. The first-order valence-electron chi connectivity index (χ1n) is 11.4. The Hall–Kier alpha value is -0.890. The summed E-state index contributed by atoms with van der Waals surface area (Å²) in [4.78, 5) is 15.2. The van der Waals surface area contributed by atoms with Gasteiger partial charge in [-0.1, -0.05) is 40.0 Å². The molecule has 31 heavy (non-hydrogen) atoms. The first kappa shape index (κ1) is 26.4. The van der Waals surface area contributed by atoms with Gasteiger partial charge in [0.25, 0.3) is 0 Å². The lowest BCUT2D eigenvalue weighted by atomic mass is 9.88. The third-order valence-corrected chi connectivity index (χ3v) is 7.36. The van der Waals surface area contributed by atoms with E-state index in [0.717, 1.165) is 25.8 Å². The smallest absolute Gasteiger partial charge is 0.237 e.